The molecule has 0 saturated heterocycles. The highest BCUT2D eigenvalue weighted by molar-refractivity contribution is 6.10. The van der Waals surface area contributed by atoms with E-state index in [9.17, 15) is 4.79 Å². The molecular weight excluding hydrogens is 216 g/mol. The molecule has 0 aromatic heterocycles. The summed E-state index contributed by atoms with van der Waals surface area (Å²) in [6.45, 7) is 2.06. The maximum absolute atomic E-state index is 11.5. The minimum Gasteiger partial charge on any atom is -0.461 e. The molecule has 0 aliphatic heterocycles. The molecule has 90 valence electrons. The van der Waals surface area contributed by atoms with E-state index in [1.54, 1.807) is 14.0 Å². The lowest BCUT2D eigenvalue weighted by Gasteiger charge is -2.06. The maximum atomic E-state index is 11.5. The van der Waals surface area contributed by atoms with E-state index in [0.29, 0.717) is 6.61 Å². The number of rotatable bonds is 5. The maximum Gasteiger partial charge on any atom is 0.354 e. The Kier molecular flexibility index (Phi) is 4.94. The van der Waals surface area contributed by atoms with Gasteiger partial charge in [-0.05, 0) is 18.6 Å². The van der Waals surface area contributed by atoms with Gasteiger partial charge in [0.1, 0.15) is 5.70 Å². The highest BCUT2D eigenvalue weighted by Crippen LogP contribution is 2.03. The van der Waals surface area contributed by atoms with E-state index in [-0.39, 0.29) is 11.4 Å². The van der Waals surface area contributed by atoms with Gasteiger partial charge in [0.05, 0.1) is 12.3 Å². The fraction of sp³-hybridized carbons (Fsp3) is 0.231. The van der Waals surface area contributed by atoms with Crippen molar-refractivity contribution in [1.29, 1.82) is 5.41 Å². The van der Waals surface area contributed by atoms with Crippen LogP contribution in [-0.2, 0) is 9.53 Å². The van der Waals surface area contributed by atoms with Crippen molar-refractivity contribution < 1.29 is 9.53 Å². The summed E-state index contributed by atoms with van der Waals surface area (Å²) in [6.07, 6.45) is 1.47. The van der Waals surface area contributed by atoms with E-state index in [4.69, 9.17) is 10.1 Å². The second-order valence-electron chi connectivity index (χ2n) is 3.31. The predicted molar refractivity (Wildman–Crippen MR) is 67.0 cm³/mol. The van der Waals surface area contributed by atoms with Crippen LogP contribution in [0.15, 0.2) is 42.1 Å². The van der Waals surface area contributed by atoms with Gasteiger partial charge in [-0.1, -0.05) is 30.3 Å². The van der Waals surface area contributed by atoms with Gasteiger partial charge in [-0.3, -0.25) is 0 Å². The van der Waals surface area contributed by atoms with Crippen LogP contribution < -0.4 is 5.32 Å². The number of carbonyl (C=O) groups is 1. The summed E-state index contributed by atoms with van der Waals surface area (Å²) in [5.41, 5.74) is 1.30. The highest BCUT2D eigenvalue weighted by Gasteiger charge is 2.09. The number of hydrogen-bond acceptors (Lipinski definition) is 4. The normalized spacial score (nSPS) is 10.8. The Balaban J connectivity index is 2.86. The number of benzene rings is 1. The number of allylic oxidation sites excluding steroid dienone is 1. The van der Waals surface area contributed by atoms with Crippen LogP contribution in [0.2, 0.25) is 0 Å². The lowest BCUT2D eigenvalue weighted by molar-refractivity contribution is -0.138. The first-order valence-corrected chi connectivity index (χ1v) is 5.39. The number of hydrogen-bond donors (Lipinski definition) is 2. The van der Waals surface area contributed by atoms with Gasteiger partial charge in [-0.25, -0.2) is 4.79 Å². The minimum atomic E-state index is -0.448. The summed E-state index contributed by atoms with van der Waals surface area (Å²) >= 11 is 0. The fourth-order valence-corrected chi connectivity index (χ4v) is 1.29. The van der Waals surface area contributed by atoms with Crippen molar-refractivity contribution in [2.24, 2.45) is 0 Å². The van der Waals surface area contributed by atoms with Gasteiger partial charge in [-0.15, -0.1) is 0 Å². The molecule has 0 heterocycles. The summed E-state index contributed by atoms with van der Waals surface area (Å²) in [4.78, 5) is 11.5. The molecule has 4 nitrogen and oxygen atoms in total. The number of ether oxygens (including phenoxy) is 1. The third-order valence-electron chi connectivity index (χ3n) is 2.14. The van der Waals surface area contributed by atoms with Crippen LogP contribution in [0.25, 0.3) is 0 Å². The topological polar surface area (TPSA) is 62.2 Å². The van der Waals surface area contributed by atoms with Crippen molar-refractivity contribution in [3.63, 3.8) is 0 Å². The van der Waals surface area contributed by atoms with E-state index >= 15 is 0 Å². The Morgan fingerprint density at radius 3 is 2.59 bits per heavy atom. The molecule has 0 aliphatic carbocycles. The zero-order valence-corrected chi connectivity index (χ0v) is 9.99. The number of likely N-dealkylation sites (N-methyl/N-ethyl adjacent to an activating group) is 1. The second-order valence-corrected chi connectivity index (χ2v) is 3.31. The smallest absolute Gasteiger partial charge is 0.354 e. The zero-order valence-electron chi connectivity index (χ0n) is 9.99. The molecule has 17 heavy (non-hydrogen) atoms. The molecule has 0 fully saturated rings. The Bertz CT molecular complexity index is 424. The second kappa shape index (κ2) is 6.48. The fourth-order valence-electron chi connectivity index (χ4n) is 1.29. The van der Waals surface area contributed by atoms with Crippen LogP contribution in [0.4, 0.5) is 0 Å². The number of carbonyl (C=O) groups excluding carboxylic acids is 1. The molecule has 1 aromatic rings. The molecule has 0 unspecified atom stereocenters. The van der Waals surface area contributed by atoms with E-state index in [2.05, 4.69) is 5.32 Å². The van der Waals surface area contributed by atoms with Gasteiger partial charge in [0.15, 0.2) is 0 Å². The van der Waals surface area contributed by atoms with E-state index in [0.717, 1.165) is 5.56 Å². The first kappa shape index (κ1) is 13.0. The average Bonchev–Trinajstić information content (AvgIpc) is 2.37. The van der Waals surface area contributed by atoms with E-state index < -0.39 is 5.97 Å². The quantitative estimate of drug-likeness (QED) is 0.461. The Labute approximate surface area is 101 Å². The van der Waals surface area contributed by atoms with Crippen molar-refractivity contribution in [3.8, 4) is 0 Å². The van der Waals surface area contributed by atoms with E-state index in [1.165, 1.54) is 6.08 Å². The van der Waals surface area contributed by atoms with Gasteiger partial charge >= 0.3 is 5.97 Å². The van der Waals surface area contributed by atoms with Crippen LogP contribution in [-0.4, -0.2) is 25.3 Å². The Morgan fingerprint density at radius 1 is 1.41 bits per heavy atom. The number of esters is 1. The van der Waals surface area contributed by atoms with Crippen LogP contribution in [0.3, 0.4) is 0 Å². The SMILES string of the molecule is CCOC(=O)/C(=C/C(=N)c1ccccc1)NC. The molecular formula is C13H16N2O2. The summed E-state index contributed by atoms with van der Waals surface area (Å²) < 4.78 is 4.87. The van der Waals surface area contributed by atoms with Gasteiger partial charge in [-0.2, -0.15) is 0 Å². The highest BCUT2D eigenvalue weighted by atomic mass is 16.5. The molecule has 4 heteroatoms. The molecule has 0 atom stereocenters. The lowest BCUT2D eigenvalue weighted by Crippen LogP contribution is -2.20. The van der Waals surface area contributed by atoms with Crippen LogP contribution in [0.1, 0.15) is 12.5 Å². The molecule has 0 radical (unpaired) electrons. The Hall–Kier alpha value is -2.10. The third-order valence-corrected chi connectivity index (χ3v) is 2.14. The zero-order chi connectivity index (χ0) is 12.7. The molecule has 1 aromatic carbocycles. The van der Waals surface area contributed by atoms with Crippen molar-refractivity contribution >= 4 is 11.7 Å². The standard InChI is InChI=1S/C13H16N2O2/c1-3-17-13(16)12(15-2)9-11(14)10-7-5-4-6-8-10/h4-9,14-15H,3H2,1-2H3/b12-9-,14-11?. The minimum absolute atomic E-state index is 0.267. The molecule has 2 N–H and O–H groups in total. The van der Waals surface area contributed by atoms with Crippen molar-refractivity contribution in [3.05, 3.63) is 47.7 Å². The van der Waals surface area contributed by atoms with Gasteiger partial charge < -0.3 is 15.5 Å². The number of nitrogens with one attached hydrogen (secondary N) is 2. The summed E-state index contributed by atoms with van der Waals surface area (Å²) in [7, 11) is 1.63. The largest absolute Gasteiger partial charge is 0.461 e. The average molecular weight is 232 g/mol. The molecule has 0 aliphatic rings. The van der Waals surface area contributed by atoms with Crippen molar-refractivity contribution in [2.75, 3.05) is 13.7 Å². The lowest BCUT2D eigenvalue weighted by atomic mass is 10.1. The Morgan fingerprint density at radius 2 is 2.06 bits per heavy atom. The van der Waals surface area contributed by atoms with Gasteiger partial charge in [0.25, 0.3) is 0 Å². The van der Waals surface area contributed by atoms with Crippen molar-refractivity contribution in [2.45, 2.75) is 6.92 Å². The molecule has 0 bridgehead atoms. The third kappa shape index (κ3) is 3.75. The monoisotopic (exact) mass is 232 g/mol. The van der Waals surface area contributed by atoms with E-state index in [1.807, 2.05) is 30.3 Å². The molecule has 1 rings (SSSR count). The molecule has 0 saturated carbocycles. The summed E-state index contributed by atoms with van der Waals surface area (Å²) in [5.74, 6) is -0.448. The van der Waals surface area contributed by atoms with Gasteiger partial charge in [0.2, 0.25) is 0 Å². The predicted octanol–water partition coefficient (Wildman–Crippen LogP) is 1.72. The summed E-state index contributed by atoms with van der Waals surface area (Å²) in [5, 5.41) is 10.6. The molecule has 0 spiro atoms. The molecule has 0 amide bonds. The summed E-state index contributed by atoms with van der Waals surface area (Å²) in [6, 6.07) is 9.21. The van der Waals surface area contributed by atoms with Crippen LogP contribution >= 0.6 is 0 Å². The van der Waals surface area contributed by atoms with Crippen LogP contribution in [0.5, 0.6) is 0 Å². The first-order chi connectivity index (χ1) is 8.19. The van der Waals surface area contributed by atoms with Crippen molar-refractivity contribution in [1.82, 2.24) is 5.32 Å². The van der Waals surface area contributed by atoms with Gasteiger partial charge in [0, 0.05) is 7.05 Å². The first-order valence-electron chi connectivity index (χ1n) is 5.39. The van der Waals surface area contributed by atoms with Crippen LogP contribution in [0, 0.1) is 5.41 Å².